The summed E-state index contributed by atoms with van der Waals surface area (Å²) in [7, 11) is 0. The number of nitrogens with one attached hydrogen (secondary N) is 1. The fourth-order valence-corrected chi connectivity index (χ4v) is 5.24. The Bertz CT molecular complexity index is 1020. The Hall–Kier alpha value is -2.96. The molecule has 7 heteroatoms. The molecule has 3 aliphatic rings. The van der Waals surface area contributed by atoms with Crippen molar-refractivity contribution >= 4 is 28.6 Å². The van der Waals surface area contributed by atoms with E-state index in [2.05, 4.69) is 10.3 Å². The van der Waals surface area contributed by atoms with Crippen molar-refractivity contribution in [3.8, 4) is 0 Å². The normalized spacial score (nSPS) is 26.4. The van der Waals surface area contributed by atoms with Crippen LogP contribution in [0.3, 0.4) is 0 Å². The summed E-state index contributed by atoms with van der Waals surface area (Å²) in [5, 5.41) is 4.04. The summed E-state index contributed by atoms with van der Waals surface area (Å²) in [6.45, 7) is 2.37. The molecule has 156 valence electrons. The molecule has 3 saturated heterocycles. The quantitative estimate of drug-likeness (QED) is 0.827. The highest BCUT2D eigenvalue weighted by molar-refractivity contribution is 5.96. The molecule has 0 saturated carbocycles. The van der Waals surface area contributed by atoms with Crippen molar-refractivity contribution in [2.24, 2.45) is 5.41 Å². The highest BCUT2D eigenvalue weighted by Gasteiger charge is 2.54. The molecule has 0 bridgehead atoms. The summed E-state index contributed by atoms with van der Waals surface area (Å²) in [6, 6.07) is 11.2. The molecule has 7 nitrogen and oxygen atoms in total. The van der Waals surface area contributed by atoms with E-state index in [-0.39, 0.29) is 23.8 Å². The predicted molar refractivity (Wildman–Crippen MR) is 112 cm³/mol. The van der Waals surface area contributed by atoms with Gasteiger partial charge in [0.05, 0.1) is 10.9 Å². The Morgan fingerprint density at radius 2 is 1.83 bits per heavy atom. The second-order valence-electron chi connectivity index (χ2n) is 8.68. The van der Waals surface area contributed by atoms with Crippen LogP contribution in [0, 0.1) is 5.41 Å². The number of rotatable bonds is 2. The number of piperidine rings is 2. The third kappa shape index (κ3) is 3.13. The summed E-state index contributed by atoms with van der Waals surface area (Å²) >= 11 is 0. The van der Waals surface area contributed by atoms with Crippen molar-refractivity contribution in [1.29, 1.82) is 0 Å². The van der Waals surface area contributed by atoms with E-state index in [1.807, 2.05) is 35.2 Å². The summed E-state index contributed by atoms with van der Waals surface area (Å²) in [6.07, 6.45) is 3.44. The lowest BCUT2D eigenvalue weighted by molar-refractivity contribution is -0.151. The summed E-state index contributed by atoms with van der Waals surface area (Å²) in [5.74, 6) is -0.0560. The number of aromatic nitrogens is 1. The number of carbonyl (C=O) groups is 3. The lowest BCUT2D eigenvalue weighted by Crippen LogP contribution is -2.67. The first kappa shape index (κ1) is 19.0. The second-order valence-corrected chi connectivity index (χ2v) is 8.68. The first-order chi connectivity index (χ1) is 14.6. The van der Waals surface area contributed by atoms with E-state index in [1.165, 1.54) is 0 Å². The standard InChI is InChI=1S/C23H26N4O3/c28-20-9-11-23(22(30)26-12-3-4-13-26)15-27(14-10-19(23)25-20)21(29)18-8-7-16-5-1-2-6-17(16)24-18/h1-2,5-8,19H,3-4,9-15H2,(H,25,28)/t19-,23+/m1/s1. The molecule has 4 heterocycles. The van der Waals surface area contributed by atoms with Gasteiger partial charge in [0.25, 0.3) is 5.91 Å². The van der Waals surface area contributed by atoms with Gasteiger partial charge in [0.2, 0.25) is 11.8 Å². The maximum absolute atomic E-state index is 13.6. The molecule has 5 rings (SSSR count). The van der Waals surface area contributed by atoms with Crippen molar-refractivity contribution < 1.29 is 14.4 Å². The number of hydrogen-bond donors (Lipinski definition) is 1. The van der Waals surface area contributed by atoms with Gasteiger partial charge in [-0.3, -0.25) is 14.4 Å². The van der Waals surface area contributed by atoms with Crippen LogP contribution in [0.25, 0.3) is 10.9 Å². The minimum Gasteiger partial charge on any atom is -0.352 e. The van der Waals surface area contributed by atoms with E-state index in [0.29, 0.717) is 38.0 Å². The molecule has 1 N–H and O–H groups in total. The zero-order chi connectivity index (χ0) is 20.7. The first-order valence-electron chi connectivity index (χ1n) is 10.8. The van der Waals surface area contributed by atoms with Crippen molar-refractivity contribution in [2.45, 2.75) is 38.1 Å². The van der Waals surface area contributed by atoms with Crippen molar-refractivity contribution in [3.63, 3.8) is 0 Å². The van der Waals surface area contributed by atoms with E-state index in [1.54, 1.807) is 11.0 Å². The summed E-state index contributed by atoms with van der Waals surface area (Å²) in [5.41, 5.74) is 0.449. The summed E-state index contributed by atoms with van der Waals surface area (Å²) < 4.78 is 0. The molecular formula is C23H26N4O3. The van der Waals surface area contributed by atoms with Crippen molar-refractivity contribution in [1.82, 2.24) is 20.1 Å². The van der Waals surface area contributed by atoms with Gasteiger partial charge < -0.3 is 15.1 Å². The van der Waals surface area contributed by atoms with Gasteiger partial charge in [-0.15, -0.1) is 0 Å². The van der Waals surface area contributed by atoms with Gasteiger partial charge in [0.1, 0.15) is 5.69 Å². The highest BCUT2D eigenvalue weighted by Crippen LogP contribution is 2.40. The van der Waals surface area contributed by atoms with Crippen molar-refractivity contribution in [3.05, 3.63) is 42.1 Å². The Morgan fingerprint density at radius 1 is 1.03 bits per heavy atom. The van der Waals surface area contributed by atoms with E-state index in [0.717, 1.165) is 36.8 Å². The smallest absolute Gasteiger partial charge is 0.272 e. The number of pyridine rings is 1. The van der Waals surface area contributed by atoms with Crippen LogP contribution in [0.4, 0.5) is 0 Å². The number of nitrogens with zero attached hydrogens (tertiary/aromatic N) is 3. The Labute approximate surface area is 175 Å². The molecule has 3 fully saturated rings. The number of benzene rings is 1. The monoisotopic (exact) mass is 406 g/mol. The predicted octanol–water partition coefficient (Wildman–Crippen LogP) is 1.97. The van der Waals surface area contributed by atoms with Crippen LogP contribution in [0.5, 0.6) is 0 Å². The molecule has 1 aromatic heterocycles. The van der Waals surface area contributed by atoms with E-state index >= 15 is 0 Å². The van der Waals surface area contributed by atoms with Gasteiger partial charge >= 0.3 is 0 Å². The van der Waals surface area contributed by atoms with E-state index < -0.39 is 5.41 Å². The van der Waals surface area contributed by atoms with E-state index in [9.17, 15) is 14.4 Å². The van der Waals surface area contributed by atoms with Gasteiger partial charge in [-0.05, 0) is 37.8 Å². The number of likely N-dealkylation sites (tertiary alicyclic amines) is 2. The van der Waals surface area contributed by atoms with Gasteiger partial charge in [-0.1, -0.05) is 24.3 Å². The number of fused-ring (bicyclic) bond motifs is 2. The Morgan fingerprint density at radius 3 is 2.67 bits per heavy atom. The van der Waals surface area contributed by atoms with Gasteiger partial charge in [-0.2, -0.15) is 0 Å². The average molecular weight is 406 g/mol. The van der Waals surface area contributed by atoms with Crippen LogP contribution in [0.15, 0.2) is 36.4 Å². The SMILES string of the molecule is O=C1CC[C@]2(C(=O)N3CCCC3)CN(C(=O)c3ccc4ccccc4n3)CC[C@H]2N1. The fourth-order valence-electron chi connectivity index (χ4n) is 5.24. The lowest BCUT2D eigenvalue weighted by Gasteiger charge is -2.50. The molecule has 2 atom stereocenters. The first-order valence-corrected chi connectivity index (χ1v) is 10.8. The zero-order valence-corrected chi connectivity index (χ0v) is 17.0. The van der Waals surface area contributed by atoms with Crippen LogP contribution in [-0.4, -0.2) is 64.7 Å². The molecule has 0 spiro atoms. The molecule has 3 amide bonds. The summed E-state index contributed by atoms with van der Waals surface area (Å²) in [4.78, 5) is 47.2. The molecule has 0 unspecified atom stereocenters. The third-order valence-corrected chi connectivity index (χ3v) is 6.89. The van der Waals surface area contributed by atoms with Gasteiger partial charge in [-0.25, -0.2) is 4.98 Å². The van der Waals surface area contributed by atoms with E-state index in [4.69, 9.17) is 0 Å². The molecule has 0 radical (unpaired) electrons. The second kappa shape index (κ2) is 7.38. The number of carbonyl (C=O) groups excluding carboxylic acids is 3. The molecule has 0 aliphatic carbocycles. The van der Waals surface area contributed by atoms with Crippen molar-refractivity contribution in [2.75, 3.05) is 26.2 Å². The molecule has 3 aliphatic heterocycles. The highest BCUT2D eigenvalue weighted by atomic mass is 16.2. The maximum Gasteiger partial charge on any atom is 0.272 e. The largest absolute Gasteiger partial charge is 0.352 e. The minimum atomic E-state index is -0.733. The van der Waals surface area contributed by atoms with Crippen LogP contribution in [0.2, 0.25) is 0 Å². The van der Waals surface area contributed by atoms with Crippen LogP contribution < -0.4 is 5.32 Å². The van der Waals surface area contributed by atoms with Gasteiger partial charge in [0, 0.05) is 44.0 Å². The number of amides is 3. The number of hydrogen-bond acceptors (Lipinski definition) is 4. The molecule has 1 aromatic carbocycles. The topological polar surface area (TPSA) is 82.6 Å². The average Bonchev–Trinajstić information content (AvgIpc) is 3.32. The fraction of sp³-hybridized carbons (Fsp3) is 0.478. The molecular weight excluding hydrogens is 380 g/mol. The Kier molecular flexibility index (Phi) is 4.68. The van der Waals surface area contributed by atoms with Gasteiger partial charge in [0.15, 0.2) is 0 Å². The number of para-hydroxylation sites is 1. The van der Waals surface area contributed by atoms with Crippen LogP contribution in [-0.2, 0) is 9.59 Å². The van der Waals surface area contributed by atoms with Crippen LogP contribution >= 0.6 is 0 Å². The third-order valence-electron chi connectivity index (χ3n) is 6.89. The van der Waals surface area contributed by atoms with Crippen LogP contribution in [0.1, 0.15) is 42.6 Å². The Balaban J connectivity index is 1.44. The zero-order valence-electron chi connectivity index (χ0n) is 17.0. The molecule has 2 aromatic rings. The minimum absolute atomic E-state index is 0.000759. The molecule has 30 heavy (non-hydrogen) atoms. The maximum atomic E-state index is 13.6. The lowest BCUT2D eigenvalue weighted by atomic mass is 9.69.